The summed E-state index contributed by atoms with van der Waals surface area (Å²) in [5.41, 5.74) is 0. The first-order valence-corrected chi connectivity index (χ1v) is 3.62. The molecule has 0 saturated heterocycles. The van der Waals surface area contributed by atoms with Crippen molar-refractivity contribution in [2.45, 2.75) is 25.8 Å². The molecule has 0 spiro atoms. The summed E-state index contributed by atoms with van der Waals surface area (Å²) in [4.78, 5) is 4.19. The van der Waals surface area contributed by atoms with Crippen LogP contribution in [-0.4, -0.2) is 14.8 Å². The second-order valence-electron chi connectivity index (χ2n) is 2.62. The Morgan fingerprint density at radius 2 is 2.30 bits per heavy atom. The Hall–Kier alpha value is -0.860. The molecule has 0 unspecified atom stereocenters. The van der Waals surface area contributed by atoms with E-state index in [1.807, 2.05) is 4.68 Å². The van der Waals surface area contributed by atoms with Crippen molar-refractivity contribution in [1.82, 2.24) is 14.8 Å². The van der Waals surface area contributed by atoms with Crippen molar-refractivity contribution >= 4 is 0 Å². The van der Waals surface area contributed by atoms with Crippen LogP contribution in [0.25, 0.3) is 0 Å². The van der Waals surface area contributed by atoms with Crippen molar-refractivity contribution in [2.75, 3.05) is 0 Å². The highest BCUT2D eigenvalue weighted by Crippen LogP contribution is 2.10. The van der Waals surface area contributed by atoms with Crippen LogP contribution in [0.2, 0.25) is 0 Å². The van der Waals surface area contributed by atoms with E-state index in [1.54, 1.807) is 0 Å². The molecule has 1 aliphatic heterocycles. The third-order valence-corrected chi connectivity index (χ3v) is 1.81. The van der Waals surface area contributed by atoms with Gasteiger partial charge in [0.25, 0.3) is 0 Å². The van der Waals surface area contributed by atoms with E-state index in [0.717, 1.165) is 18.8 Å². The van der Waals surface area contributed by atoms with E-state index in [-0.39, 0.29) is 0 Å². The number of hydrogen-bond acceptors (Lipinski definition) is 2. The molecule has 0 saturated carbocycles. The van der Waals surface area contributed by atoms with E-state index in [0.29, 0.717) is 5.82 Å². The average molecular weight is 136 g/mol. The fraction of sp³-hybridized carbons (Fsp3) is 0.571. The molecule has 0 atom stereocenters. The van der Waals surface area contributed by atoms with Gasteiger partial charge in [-0.15, -0.1) is 0 Å². The molecule has 10 heavy (non-hydrogen) atoms. The molecule has 1 aromatic rings. The van der Waals surface area contributed by atoms with Gasteiger partial charge in [0.2, 0.25) is 0 Å². The first kappa shape index (κ1) is 5.89. The third kappa shape index (κ3) is 0.818. The molecule has 0 aliphatic carbocycles. The molecule has 2 rings (SSSR count). The van der Waals surface area contributed by atoms with Crippen LogP contribution in [0.5, 0.6) is 0 Å². The van der Waals surface area contributed by atoms with Crippen molar-refractivity contribution in [1.29, 1.82) is 0 Å². The van der Waals surface area contributed by atoms with Crippen LogP contribution in [-0.2, 0) is 13.0 Å². The zero-order valence-electron chi connectivity index (χ0n) is 5.88. The highest BCUT2D eigenvalue weighted by Gasteiger charge is 2.10. The first-order chi connectivity index (χ1) is 4.86. The van der Waals surface area contributed by atoms with E-state index in [9.17, 15) is 0 Å². The topological polar surface area (TPSA) is 30.7 Å². The second kappa shape index (κ2) is 2.08. The minimum atomic E-state index is 0.664. The minimum Gasteiger partial charge on any atom is -0.250 e. The SMILES string of the molecule is [CH2]c1nc2n(n1)CCCC2. The van der Waals surface area contributed by atoms with E-state index in [2.05, 4.69) is 17.0 Å². The van der Waals surface area contributed by atoms with Crippen LogP contribution in [0.15, 0.2) is 0 Å². The van der Waals surface area contributed by atoms with E-state index in [1.165, 1.54) is 12.8 Å². The fourth-order valence-electron chi connectivity index (χ4n) is 1.33. The predicted octanol–water partition coefficient (Wildman–Crippen LogP) is 0.797. The largest absolute Gasteiger partial charge is 0.250 e. The summed E-state index contributed by atoms with van der Waals surface area (Å²) < 4.78 is 1.96. The van der Waals surface area contributed by atoms with Crippen LogP contribution in [0.4, 0.5) is 0 Å². The summed E-state index contributed by atoms with van der Waals surface area (Å²) >= 11 is 0. The Morgan fingerprint density at radius 1 is 1.40 bits per heavy atom. The lowest BCUT2D eigenvalue weighted by atomic mass is 10.2. The Labute approximate surface area is 60.1 Å². The monoisotopic (exact) mass is 136 g/mol. The molecule has 2 heterocycles. The molecular formula is C7H10N3. The number of aromatic nitrogens is 3. The van der Waals surface area contributed by atoms with E-state index >= 15 is 0 Å². The lowest BCUT2D eigenvalue weighted by Gasteiger charge is -2.09. The Bertz CT molecular complexity index is 215. The van der Waals surface area contributed by atoms with Gasteiger partial charge < -0.3 is 0 Å². The van der Waals surface area contributed by atoms with Gasteiger partial charge in [-0.3, -0.25) is 0 Å². The Kier molecular flexibility index (Phi) is 1.22. The van der Waals surface area contributed by atoms with Crippen LogP contribution in [0.1, 0.15) is 24.5 Å². The molecule has 3 nitrogen and oxygen atoms in total. The Morgan fingerprint density at radius 3 is 3.10 bits per heavy atom. The van der Waals surface area contributed by atoms with Crippen molar-refractivity contribution in [2.24, 2.45) is 0 Å². The van der Waals surface area contributed by atoms with Crippen molar-refractivity contribution < 1.29 is 0 Å². The van der Waals surface area contributed by atoms with Gasteiger partial charge in [0, 0.05) is 19.9 Å². The van der Waals surface area contributed by atoms with Gasteiger partial charge in [-0.05, 0) is 12.8 Å². The quantitative estimate of drug-likeness (QED) is 0.528. The average Bonchev–Trinajstić information content (AvgIpc) is 2.27. The van der Waals surface area contributed by atoms with Crippen LogP contribution < -0.4 is 0 Å². The van der Waals surface area contributed by atoms with Crippen LogP contribution in [0, 0.1) is 6.92 Å². The third-order valence-electron chi connectivity index (χ3n) is 1.81. The van der Waals surface area contributed by atoms with Crippen molar-refractivity contribution in [3.8, 4) is 0 Å². The summed E-state index contributed by atoms with van der Waals surface area (Å²) in [6, 6.07) is 0. The second-order valence-corrected chi connectivity index (χ2v) is 2.62. The standard InChI is InChI=1S/C7H10N3/c1-6-8-7-4-2-3-5-10(7)9-6/h1-5H2. The fourth-order valence-corrected chi connectivity index (χ4v) is 1.33. The van der Waals surface area contributed by atoms with Crippen LogP contribution in [0.3, 0.4) is 0 Å². The van der Waals surface area contributed by atoms with Crippen molar-refractivity contribution in [3.05, 3.63) is 18.6 Å². The lowest BCUT2D eigenvalue weighted by Crippen LogP contribution is -2.11. The summed E-state index contributed by atoms with van der Waals surface area (Å²) in [6.07, 6.45) is 3.55. The first-order valence-electron chi connectivity index (χ1n) is 3.62. The minimum absolute atomic E-state index is 0.664. The molecule has 0 aromatic carbocycles. The molecule has 1 aromatic heterocycles. The summed E-state index contributed by atoms with van der Waals surface area (Å²) in [5, 5.41) is 4.15. The number of fused-ring (bicyclic) bond motifs is 1. The normalized spacial score (nSPS) is 16.9. The summed E-state index contributed by atoms with van der Waals surface area (Å²) in [5.74, 6) is 1.77. The number of aryl methyl sites for hydroxylation is 2. The molecule has 3 heteroatoms. The van der Waals surface area contributed by atoms with Gasteiger partial charge in [-0.1, -0.05) is 0 Å². The van der Waals surface area contributed by atoms with Crippen molar-refractivity contribution in [3.63, 3.8) is 0 Å². The van der Waals surface area contributed by atoms with Gasteiger partial charge in [0.1, 0.15) is 5.82 Å². The molecular weight excluding hydrogens is 126 g/mol. The van der Waals surface area contributed by atoms with E-state index < -0.39 is 0 Å². The van der Waals surface area contributed by atoms with Gasteiger partial charge in [0.15, 0.2) is 5.82 Å². The summed E-state index contributed by atoms with van der Waals surface area (Å²) in [7, 11) is 0. The number of rotatable bonds is 0. The predicted molar refractivity (Wildman–Crippen MR) is 37.4 cm³/mol. The van der Waals surface area contributed by atoms with Gasteiger partial charge >= 0.3 is 0 Å². The number of hydrogen-bond donors (Lipinski definition) is 0. The lowest BCUT2D eigenvalue weighted by molar-refractivity contribution is 0.479. The highest BCUT2D eigenvalue weighted by molar-refractivity contribution is 4.97. The maximum atomic E-state index is 4.19. The molecule has 0 fully saturated rings. The zero-order valence-corrected chi connectivity index (χ0v) is 5.88. The smallest absolute Gasteiger partial charge is 0.151 e. The zero-order chi connectivity index (χ0) is 6.97. The molecule has 1 radical (unpaired) electrons. The maximum Gasteiger partial charge on any atom is 0.151 e. The molecule has 0 amide bonds. The number of nitrogens with zero attached hydrogens (tertiary/aromatic N) is 3. The van der Waals surface area contributed by atoms with Gasteiger partial charge in [-0.25, -0.2) is 9.67 Å². The molecule has 0 bridgehead atoms. The van der Waals surface area contributed by atoms with Gasteiger partial charge in [-0.2, -0.15) is 5.10 Å². The van der Waals surface area contributed by atoms with Gasteiger partial charge in [0.05, 0.1) is 0 Å². The maximum absolute atomic E-state index is 4.19. The molecule has 0 N–H and O–H groups in total. The van der Waals surface area contributed by atoms with E-state index in [4.69, 9.17) is 0 Å². The molecule has 1 aliphatic rings. The highest BCUT2D eigenvalue weighted by atomic mass is 15.3. The van der Waals surface area contributed by atoms with Crippen LogP contribution >= 0.6 is 0 Å². The molecule has 53 valence electrons. The Balaban J connectivity index is 2.41. The summed E-state index contributed by atoms with van der Waals surface area (Å²) in [6.45, 7) is 4.71.